The number of aromatic nitrogens is 3. The Kier molecular flexibility index (Phi) is 2.32. The molecule has 0 saturated carbocycles. The highest BCUT2D eigenvalue weighted by atomic mass is 16.5. The van der Waals surface area contributed by atoms with Crippen LogP contribution >= 0.6 is 0 Å². The fraction of sp³-hybridized carbons (Fsp3) is 0.333. The second kappa shape index (κ2) is 3.64. The van der Waals surface area contributed by atoms with Crippen molar-refractivity contribution in [3.05, 3.63) is 12.1 Å². The number of ether oxygens (including phenoxy) is 1. The summed E-state index contributed by atoms with van der Waals surface area (Å²) in [6, 6.07) is 3.71. The first-order valence-corrected chi connectivity index (χ1v) is 4.69. The van der Waals surface area contributed by atoms with Crippen LogP contribution in [0.1, 0.15) is 6.92 Å². The van der Waals surface area contributed by atoms with Crippen molar-refractivity contribution in [3.8, 4) is 5.75 Å². The molecule has 0 fully saturated rings. The summed E-state index contributed by atoms with van der Waals surface area (Å²) in [5, 5.41) is 7.25. The number of nitrogen functional groups attached to an aromatic ring is 1. The van der Waals surface area contributed by atoms with Gasteiger partial charge in [-0.2, -0.15) is 9.50 Å². The maximum Gasteiger partial charge on any atom is 0.240 e. The first-order valence-electron chi connectivity index (χ1n) is 4.69. The van der Waals surface area contributed by atoms with Gasteiger partial charge in [0, 0.05) is 6.54 Å². The zero-order valence-corrected chi connectivity index (χ0v) is 8.69. The van der Waals surface area contributed by atoms with Gasteiger partial charge in [-0.25, -0.2) is 0 Å². The quantitative estimate of drug-likeness (QED) is 0.776. The lowest BCUT2D eigenvalue weighted by atomic mass is 10.4. The number of hydrogen-bond acceptors (Lipinski definition) is 5. The van der Waals surface area contributed by atoms with E-state index < -0.39 is 0 Å². The number of nitrogens with one attached hydrogen (secondary N) is 1. The van der Waals surface area contributed by atoms with Gasteiger partial charge in [-0.15, -0.1) is 5.10 Å². The van der Waals surface area contributed by atoms with E-state index in [4.69, 9.17) is 10.5 Å². The summed E-state index contributed by atoms with van der Waals surface area (Å²) in [6.45, 7) is 2.82. The fourth-order valence-electron chi connectivity index (χ4n) is 1.43. The molecule has 2 aromatic heterocycles. The zero-order valence-electron chi connectivity index (χ0n) is 8.69. The average molecular weight is 207 g/mol. The molecule has 0 aromatic carbocycles. The summed E-state index contributed by atoms with van der Waals surface area (Å²) in [4.78, 5) is 4.09. The van der Waals surface area contributed by atoms with Crippen molar-refractivity contribution in [1.29, 1.82) is 0 Å². The maximum atomic E-state index is 5.55. The molecule has 0 aliphatic rings. The minimum atomic E-state index is 0.235. The van der Waals surface area contributed by atoms with Crippen molar-refractivity contribution in [2.24, 2.45) is 0 Å². The fourth-order valence-corrected chi connectivity index (χ4v) is 1.43. The van der Waals surface area contributed by atoms with Gasteiger partial charge in [-0.1, -0.05) is 0 Å². The van der Waals surface area contributed by atoms with Crippen LogP contribution in [-0.2, 0) is 0 Å². The Morgan fingerprint density at radius 2 is 2.33 bits per heavy atom. The minimum Gasteiger partial charge on any atom is -0.493 e. The molecular formula is C9H13N5O. The van der Waals surface area contributed by atoms with Gasteiger partial charge in [0.05, 0.1) is 7.11 Å². The number of rotatable bonds is 3. The molecule has 0 unspecified atom stereocenters. The number of methoxy groups -OCH3 is 1. The summed E-state index contributed by atoms with van der Waals surface area (Å²) in [5.41, 5.74) is 6.17. The standard InChI is InChI=1S/C9H13N5O/c1-3-11-7-5-4-6(15-2)8-12-9(10)13-14(7)8/h4-5,11H,3H2,1-2H3,(H2,10,13). The lowest BCUT2D eigenvalue weighted by Gasteiger charge is -2.07. The van der Waals surface area contributed by atoms with Crippen molar-refractivity contribution in [1.82, 2.24) is 14.6 Å². The van der Waals surface area contributed by atoms with Crippen LogP contribution < -0.4 is 15.8 Å². The first-order chi connectivity index (χ1) is 7.26. The van der Waals surface area contributed by atoms with E-state index in [9.17, 15) is 0 Å². The molecule has 80 valence electrons. The third-order valence-corrected chi connectivity index (χ3v) is 2.04. The second-order valence-electron chi connectivity index (χ2n) is 3.02. The van der Waals surface area contributed by atoms with Crippen LogP contribution in [0.2, 0.25) is 0 Å². The number of nitrogens with two attached hydrogens (primary N) is 1. The Morgan fingerprint density at radius 3 is 3.00 bits per heavy atom. The molecule has 2 aromatic rings. The van der Waals surface area contributed by atoms with Crippen molar-refractivity contribution >= 4 is 17.4 Å². The van der Waals surface area contributed by atoms with Crippen molar-refractivity contribution < 1.29 is 4.74 Å². The van der Waals surface area contributed by atoms with Gasteiger partial charge in [0.2, 0.25) is 11.6 Å². The van der Waals surface area contributed by atoms with Gasteiger partial charge < -0.3 is 15.8 Å². The van der Waals surface area contributed by atoms with Crippen LogP contribution in [0.4, 0.5) is 11.8 Å². The molecule has 6 nitrogen and oxygen atoms in total. The highest BCUT2D eigenvalue weighted by molar-refractivity contribution is 5.60. The van der Waals surface area contributed by atoms with Crippen LogP contribution in [0.15, 0.2) is 12.1 Å². The Bertz CT molecular complexity index is 479. The molecule has 0 atom stereocenters. The highest BCUT2D eigenvalue weighted by Crippen LogP contribution is 2.22. The van der Waals surface area contributed by atoms with Crippen molar-refractivity contribution in [3.63, 3.8) is 0 Å². The number of hydrogen-bond donors (Lipinski definition) is 2. The Labute approximate surface area is 87.1 Å². The number of pyridine rings is 1. The van der Waals surface area contributed by atoms with Crippen molar-refractivity contribution in [2.75, 3.05) is 24.7 Å². The molecule has 3 N–H and O–H groups in total. The molecular weight excluding hydrogens is 194 g/mol. The molecule has 0 aliphatic carbocycles. The van der Waals surface area contributed by atoms with Gasteiger partial charge in [0.1, 0.15) is 5.82 Å². The summed E-state index contributed by atoms with van der Waals surface area (Å²) >= 11 is 0. The SMILES string of the molecule is CCNc1ccc(OC)c2nc(N)nn12. The molecule has 0 spiro atoms. The summed E-state index contributed by atoms with van der Waals surface area (Å²) in [7, 11) is 1.59. The molecule has 0 bridgehead atoms. The van der Waals surface area contributed by atoms with Gasteiger partial charge in [-0.05, 0) is 19.1 Å². The Morgan fingerprint density at radius 1 is 1.53 bits per heavy atom. The van der Waals surface area contributed by atoms with E-state index in [1.54, 1.807) is 11.6 Å². The van der Waals surface area contributed by atoms with E-state index in [1.165, 1.54) is 0 Å². The van der Waals surface area contributed by atoms with E-state index in [0.29, 0.717) is 11.4 Å². The first kappa shape index (κ1) is 9.57. The highest BCUT2D eigenvalue weighted by Gasteiger charge is 2.09. The van der Waals surface area contributed by atoms with Gasteiger partial charge >= 0.3 is 0 Å². The largest absolute Gasteiger partial charge is 0.493 e. The van der Waals surface area contributed by atoms with Gasteiger partial charge in [-0.3, -0.25) is 0 Å². The second-order valence-corrected chi connectivity index (χ2v) is 3.02. The third kappa shape index (κ3) is 1.54. The van der Waals surface area contributed by atoms with Crippen LogP contribution in [0.25, 0.3) is 5.65 Å². The normalized spacial score (nSPS) is 10.5. The molecule has 2 heterocycles. The average Bonchev–Trinajstić information content (AvgIpc) is 2.61. The zero-order chi connectivity index (χ0) is 10.8. The Balaban J connectivity index is 2.65. The molecule has 15 heavy (non-hydrogen) atoms. The molecule has 0 saturated heterocycles. The van der Waals surface area contributed by atoms with E-state index in [0.717, 1.165) is 12.4 Å². The molecule has 0 radical (unpaired) electrons. The van der Waals surface area contributed by atoms with Gasteiger partial charge in [0.15, 0.2) is 5.75 Å². The number of anilines is 2. The minimum absolute atomic E-state index is 0.235. The summed E-state index contributed by atoms with van der Waals surface area (Å²) in [5.74, 6) is 1.73. The van der Waals surface area contributed by atoms with Crippen LogP contribution in [0.5, 0.6) is 5.75 Å². The van der Waals surface area contributed by atoms with E-state index in [2.05, 4.69) is 15.4 Å². The van der Waals surface area contributed by atoms with E-state index >= 15 is 0 Å². The van der Waals surface area contributed by atoms with Crippen molar-refractivity contribution in [2.45, 2.75) is 6.92 Å². The van der Waals surface area contributed by atoms with E-state index in [-0.39, 0.29) is 5.95 Å². The molecule has 0 amide bonds. The lowest BCUT2D eigenvalue weighted by molar-refractivity contribution is 0.416. The molecule has 2 rings (SSSR count). The topological polar surface area (TPSA) is 77.5 Å². The Hall–Kier alpha value is -1.98. The molecule has 0 aliphatic heterocycles. The van der Waals surface area contributed by atoms with E-state index in [1.807, 2.05) is 19.1 Å². The van der Waals surface area contributed by atoms with Crippen LogP contribution in [-0.4, -0.2) is 28.3 Å². The predicted octanol–water partition coefficient (Wildman–Crippen LogP) is 0.752. The lowest BCUT2D eigenvalue weighted by Crippen LogP contribution is -2.04. The van der Waals surface area contributed by atoms with Crippen LogP contribution in [0, 0.1) is 0 Å². The summed E-state index contributed by atoms with van der Waals surface area (Å²) in [6.07, 6.45) is 0. The van der Waals surface area contributed by atoms with Crippen LogP contribution in [0.3, 0.4) is 0 Å². The van der Waals surface area contributed by atoms with Gasteiger partial charge in [0.25, 0.3) is 0 Å². The number of nitrogens with zero attached hydrogens (tertiary/aromatic N) is 3. The molecule has 6 heteroatoms. The maximum absolute atomic E-state index is 5.55. The third-order valence-electron chi connectivity index (χ3n) is 2.04. The smallest absolute Gasteiger partial charge is 0.240 e. The monoisotopic (exact) mass is 207 g/mol. The number of fused-ring (bicyclic) bond motifs is 1. The summed E-state index contributed by atoms with van der Waals surface area (Å²) < 4.78 is 6.80. The predicted molar refractivity (Wildman–Crippen MR) is 58.1 cm³/mol.